The zero-order valence-corrected chi connectivity index (χ0v) is 17.3. The second-order valence-corrected chi connectivity index (χ2v) is 6.95. The van der Waals surface area contributed by atoms with Gasteiger partial charge < -0.3 is 21.1 Å². The number of nitrogens with zero attached hydrogens (tertiary/aromatic N) is 1. The molecule has 0 aliphatic heterocycles. The maximum Gasteiger partial charge on any atom is 0.325 e. The highest BCUT2D eigenvalue weighted by Gasteiger charge is 2.16. The predicted molar refractivity (Wildman–Crippen MR) is 111 cm³/mol. The Bertz CT molecular complexity index is 400. The van der Waals surface area contributed by atoms with E-state index in [0.717, 1.165) is 70.8 Å². The first kappa shape index (κ1) is 25.6. The van der Waals surface area contributed by atoms with Crippen LogP contribution in [-0.2, 0) is 14.3 Å². The second-order valence-electron chi connectivity index (χ2n) is 6.95. The van der Waals surface area contributed by atoms with Crippen molar-refractivity contribution in [1.29, 1.82) is 0 Å². The van der Waals surface area contributed by atoms with Crippen LogP contribution in [0.3, 0.4) is 0 Å². The number of hydrogen-bond acceptors (Lipinski definition) is 5. The van der Waals surface area contributed by atoms with Crippen molar-refractivity contribution in [2.24, 2.45) is 11.5 Å². The number of carbonyl (C=O) groups is 2. The lowest BCUT2D eigenvalue weighted by Gasteiger charge is -2.21. The summed E-state index contributed by atoms with van der Waals surface area (Å²) in [5.74, 6) is -0.312. The van der Waals surface area contributed by atoms with Crippen LogP contribution in [0.2, 0.25) is 0 Å². The zero-order valence-electron chi connectivity index (χ0n) is 17.3. The summed E-state index contributed by atoms with van der Waals surface area (Å²) in [7, 11) is 1.35. The molecular formula is C21H41N3O3. The van der Waals surface area contributed by atoms with Crippen LogP contribution in [0, 0.1) is 0 Å². The molecule has 6 nitrogen and oxygen atoms in total. The maximum atomic E-state index is 12.4. The van der Waals surface area contributed by atoms with E-state index in [0.29, 0.717) is 19.5 Å². The van der Waals surface area contributed by atoms with Gasteiger partial charge in [0.05, 0.1) is 7.11 Å². The summed E-state index contributed by atoms with van der Waals surface area (Å²) < 4.78 is 4.70. The van der Waals surface area contributed by atoms with E-state index in [1.807, 2.05) is 0 Å². The van der Waals surface area contributed by atoms with Crippen molar-refractivity contribution >= 4 is 11.9 Å². The smallest absolute Gasteiger partial charge is 0.325 e. The van der Waals surface area contributed by atoms with Crippen molar-refractivity contribution < 1.29 is 14.3 Å². The van der Waals surface area contributed by atoms with Crippen molar-refractivity contribution in [2.45, 2.75) is 77.0 Å². The molecule has 158 valence electrons. The third kappa shape index (κ3) is 16.5. The number of unbranched alkanes of at least 4 members (excludes halogenated alkanes) is 8. The van der Waals surface area contributed by atoms with Crippen molar-refractivity contribution in [3.05, 3.63) is 12.2 Å². The number of esters is 1. The molecular weight excluding hydrogens is 342 g/mol. The molecule has 6 heteroatoms. The summed E-state index contributed by atoms with van der Waals surface area (Å²) in [4.78, 5) is 25.5. The van der Waals surface area contributed by atoms with Crippen LogP contribution in [0.1, 0.15) is 77.0 Å². The Labute approximate surface area is 165 Å². The number of allylic oxidation sites excluding steroid dienone is 2. The molecule has 0 aromatic heterocycles. The molecule has 4 N–H and O–H groups in total. The highest BCUT2D eigenvalue weighted by atomic mass is 16.5. The molecule has 0 aromatic rings. The average Bonchev–Trinajstić information content (AvgIpc) is 2.68. The highest BCUT2D eigenvalue weighted by Crippen LogP contribution is 2.09. The van der Waals surface area contributed by atoms with Crippen LogP contribution >= 0.6 is 0 Å². The Morgan fingerprint density at radius 2 is 1.37 bits per heavy atom. The molecule has 0 heterocycles. The minimum atomic E-state index is -0.361. The van der Waals surface area contributed by atoms with E-state index in [4.69, 9.17) is 16.2 Å². The third-order valence-electron chi connectivity index (χ3n) is 4.54. The van der Waals surface area contributed by atoms with Crippen molar-refractivity contribution in [1.82, 2.24) is 4.90 Å². The van der Waals surface area contributed by atoms with Crippen LogP contribution in [0.4, 0.5) is 0 Å². The number of hydrogen-bond donors (Lipinski definition) is 2. The predicted octanol–water partition coefficient (Wildman–Crippen LogP) is 3.14. The van der Waals surface area contributed by atoms with E-state index in [1.165, 1.54) is 13.5 Å². The summed E-state index contributed by atoms with van der Waals surface area (Å²) in [5, 5.41) is 0. The van der Waals surface area contributed by atoms with Gasteiger partial charge in [-0.3, -0.25) is 9.59 Å². The van der Waals surface area contributed by atoms with E-state index in [9.17, 15) is 9.59 Å². The standard InChI is InChI=1S/C21H41N3O3/c1-27-21(26)19-24(18-14-10-13-17-23)20(25)15-11-8-6-4-2-3-5-7-9-12-16-22/h3,5H,2,4,6-19,22-23H2,1H3/b5-3-. The molecule has 0 fully saturated rings. The molecule has 27 heavy (non-hydrogen) atoms. The zero-order chi connectivity index (χ0) is 20.2. The average molecular weight is 384 g/mol. The van der Waals surface area contributed by atoms with E-state index in [1.54, 1.807) is 4.90 Å². The molecule has 0 bridgehead atoms. The molecule has 0 unspecified atom stereocenters. The first-order valence-electron chi connectivity index (χ1n) is 10.6. The maximum absolute atomic E-state index is 12.4. The molecule has 0 spiro atoms. The molecule has 0 aliphatic rings. The van der Waals surface area contributed by atoms with Crippen LogP contribution in [0.15, 0.2) is 12.2 Å². The molecule has 0 atom stereocenters. The second kappa shape index (κ2) is 19.4. The summed E-state index contributed by atoms with van der Waals surface area (Å²) in [5.41, 5.74) is 11.0. The van der Waals surface area contributed by atoms with Gasteiger partial charge in [0, 0.05) is 13.0 Å². The molecule has 0 aliphatic carbocycles. The number of carbonyl (C=O) groups excluding carboxylic acids is 2. The van der Waals surface area contributed by atoms with Gasteiger partial charge in [0.15, 0.2) is 0 Å². The fourth-order valence-corrected chi connectivity index (χ4v) is 2.83. The van der Waals surface area contributed by atoms with Crippen molar-refractivity contribution in [3.63, 3.8) is 0 Å². The number of amides is 1. The lowest BCUT2D eigenvalue weighted by atomic mass is 10.1. The Morgan fingerprint density at radius 1 is 0.815 bits per heavy atom. The quantitative estimate of drug-likeness (QED) is 0.215. The van der Waals surface area contributed by atoms with Crippen LogP contribution in [0.25, 0.3) is 0 Å². The van der Waals surface area contributed by atoms with Gasteiger partial charge >= 0.3 is 5.97 Å². The number of ether oxygens (including phenoxy) is 1. The Hall–Kier alpha value is -1.40. The molecule has 1 amide bonds. The fraction of sp³-hybridized carbons (Fsp3) is 0.810. The normalized spacial score (nSPS) is 11.1. The number of nitrogens with two attached hydrogens (primary N) is 2. The van der Waals surface area contributed by atoms with Crippen LogP contribution in [0.5, 0.6) is 0 Å². The molecule has 0 radical (unpaired) electrons. The van der Waals surface area contributed by atoms with Crippen LogP contribution in [-0.4, -0.2) is 50.1 Å². The van der Waals surface area contributed by atoms with Gasteiger partial charge in [-0.1, -0.05) is 31.4 Å². The number of rotatable bonds is 18. The van der Waals surface area contributed by atoms with Crippen molar-refractivity contribution in [3.8, 4) is 0 Å². The Kier molecular flexibility index (Phi) is 18.4. The monoisotopic (exact) mass is 383 g/mol. The third-order valence-corrected chi connectivity index (χ3v) is 4.54. The molecule has 0 aromatic carbocycles. The largest absolute Gasteiger partial charge is 0.468 e. The van der Waals surface area contributed by atoms with E-state index in [-0.39, 0.29) is 18.4 Å². The fourth-order valence-electron chi connectivity index (χ4n) is 2.83. The summed E-state index contributed by atoms with van der Waals surface area (Å²) in [6.45, 7) is 2.08. The Balaban J connectivity index is 3.88. The SMILES string of the molecule is COC(=O)CN(CCCCCN)C(=O)CCCCCC/C=C\CCCCN. The molecule has 0 saturated heterocycles. The molecule has 0 rings (SSSR count). The first-order chi connectivity index (χ1) is 13.2. The number of methoxy groups -OCH3 is 1. The highest BCUT2D eigenvalue weighted by molar-refractivity contribution is 5.81. The van der Waals surface area contributed by atoms with E-state index < -0.39 is 0 Å². The van der Waals surface area contributed by atoms with Gasteiger partial charge in [-0.15, -0.1) is 0 Å². The van der Waals surface area contributed by atoms with Gasteiger partial charge in [-0.05, 0) is 64.5 Å². The summed E-state index contributed by atoms with van der Waals surface area (Å²) >= 11 is 0. The minimum absolute atomic E-state index is 0.0485. The van der Waals surface area contributed by atoms with E-state index in [2.05, 4.69) is 12.2 Å². The minimum Gasteiger partial charge on any atom is -0.468 e. The van der Waals surface area contributed by atoms with Gasteiger partial charge in [0.1, 0.15) is 6.54 Å². The molecule has 0 saturated carbocycles. The van der Waals surface area contributed by atoms with Crippen molar-refractivity contribution in [2.75, 3.05) is 33.3 Å². The van der Waals surface area contributed by atoms with Gasteiger partial charge in [-0.2, -0.15) is 0 Å². The lowest BCUT2D eigenvalue weighted by Crippen LogP contribution is -2.36. The first-order valence-corrected chi connectivity index (χ1v) is 10.6. The van der Waals surface area contributed by atoms with E-state index >= 15 is 0 Å². The van der Waals surface area contributed by atoms with Gasteiger partial charge in [-0.25, -0.2) is 0 Å². The summed E-state index contributed by atoms with van der Waals surface area (Å²) in [6, 6.07) is 0. The van der Waals surface area contributed by atoms with Gasteiger partial charge in [0.25, 0.3) is 0 Å². The lowest BCUT2D eigenvalue weighted by molar-refractivity contribution is -0.147. The Morgan fingerprint density at radius 3 is 2.00 bits per heavy atom. The van der Waals surface area contributed by atoms with Crippen LogP contribution < -0.4 is 11.5 Å². The topological polar surface area (TPSA) is 98.6 Å². The summed E-state index contributed by atoms with van der Waals surface area (Å²) in [6.07, 6.45) is 16.5. The van der Waals surface area contributed by atoms with Gasteiger partial charge in [0.2, 0.25) is 5.91 Å².